The molecule has 1 aromatic heterocycles. The standard InChI is InChI=1S/C27H22FN3O3S/c1-17-8-11-20(15-22(17)28)31-26(34)21-5-2-3-6-23(21)29-27(31)35-16-24(32)18-9-12-19(13-10-18)30-14-4-7-25(30)33/h2-3,5-6,8-13,15H,4,7,14,16H2,1H3. The van der Waals surface area contributed by atoms with Gasteiger partial charge < -0.3 is 4.90 Å². The summed E-state index contributed by atoms with van der Waals surface area (Å²) in [6.07, 6.45) is 1.38. The molecule has 3 aromatic carbocycles. The number of halogens is 1. The van der Waals surface area contributed by atoms with Crippen LogP contribution in [0.15, 0.2) is 76.7 Å². The van der Waals surface area contributed by atoms with E-state index in [0.717, 1.165) is 23.9 Å². The Labute approximate surface area is 205 Å². The number of nitrogens with zero attached hydrogens (tertiary/aromatic N) is 3. The first-order valence-electron chi connectivity index (χ1n) is 11.3. The number of rotatable bonds is 6. The van der Waals surface area contributed by atoms with Crippen LogP contribution in [0.3, 0.4) is 0 Å². The number of aryl methyl sites for hydroxylation is 1. The quantitative estimate of drug-likeness (QED) is 0.219. The van der Waals surface area contributed by atoms with Crippen LogP contribution in [0.5, 0.6) is 0 Å². The molecule has 1 aliphatic rings. The van der Waals surface area contributed by atoms with Crippen molar-refractivity contribution in [1.29, 1.82) is 0 Å². The molecular weight excluding hydrogens is 465 g/mol. The zero-order valence-corrected chi connectivity index (χ0v) is 19.8. The van der Waals surface area contributed by atoms with Gasteiger partial charge in [0.2, 0.25) is 5.91 Å². The average molecular weight is 488 g/mol. The van der Waals surface area contributed by atoms with Crippen molar-refractivity contribution < 1.29 is 14.0 Å². The van der Waals surface area contributed by atoms with E-state index in [1.54, 1.807) is 72.5 Å². The molecule has 0 atom stereocenters. The third-order valence-corrected chi connectivity index (χ3v) is 7.00. The first-order valence-corrected chi connectivity index (χ1v) is 12.3. The Morgan fingerprint density at radius 2 is 1.77 bits per heavy atom. The number of hydrogen-bond acceptors (Lipinski definition) is 5. The smallest absolute Gasteiger partial charge is 0.266 e. The monoisotopic (exact) mass is 487 g/mol. The third-order valence-electron chi connectivity index (χ3n) is 6.07. The first kappa shape index (κ1) is 23.0. The molecule has 0 radical (unpaired) electrons. The highest BCUT2D eigenvalue weighted by atomic mass is 32.2. The molecule has 0 saturated carbocycles. The summed E-state index contributed by atoms with van der Waals surface area (Å²) in [7, 11) is 0. The van der Waals surface area contributed by atoms with Crippen molar-refractivity contribution >= 4 is 40.0 Å². The lowest BCUT2D eigenvalue weighted by Gasteiger charge is -2.16. The molecule has 0 N–H and O–H groups in total. The lowest BCUT2D eigenvalue weighted by Crippen LogP contribution is -2.23. The van der Waals surface area contributed by atoms with E-state index in [9.17, 15) is 18.8 Å². The fraction of sp³-hybridized carbons (Fsp3) is 0.185. The number of para-hydroxylation sites is 1. The predicted octanol–water partition coefficient (Wildman–Crippen LogP) is 4.94. The summed E-state index contributed by atoms with van der Waals surface area (Å²) in [5, 5.41) is 0.723. The van der Waals surface area contributed by atoms with E-state index in [1.807, 2.05) is 0 Å². The molecule has 2 heterocycles. The number of thioether (sulfide) groups is 1. The fourth-order valence-electron chi connectivity index (χ4n) is 4.12. The first-order chi connectivity index (χ1) is 16.9. The highest BCUT2D eigenvalue weighted by molar-refractivity contribution is 7.99. The van der Waals surface area contributed by atoms with Gasteiger partial charge >= 0.3 is 0 Å². The summed E-state index contributed by atoms with van der Waals surface area (Å²) in [6.45, 7) is 2.34. The number of Topliss-reactive ketones (excluding diaryl/α,β-unsaturated/α-hetero) is 1. The van der Waals surface area contributed by atoms with Crippen LogP contribution in [0.25, 0.3) is 16.6 Å². The molecule has 35 heavy (non-hydrogen) atoms. The van der Waals surface area contributed by atoms with Gasteiger partial charge in [0.25, 0.3) is 5.56 Å². The van der Waals surface area contributed by atoms with E-state index in [2.05, 4.69) is 4.98 Å². The molecule has 0 aliphatic carbocycles. The third kappa shape index (κ3) is 4.49. The number of amides is 1. The van der Waals surface area contributed by atoms with Crippen molar-refractivity contribution in [2.45, 2.75) is 24.9 Å². The van der Waals surface area contributed by atoms with Gasteiger partial charge in [0.1, 0.15) is 5.82 Å². The van der Waals surface area contributed by atoms with Crippen molar-refractivity contribution in [1.82, 2.24) is 9.55 Å². The second-order valence-corrected chi connectivity index (χ2v) is 9.34. The molecule has 0 spiro atoms. The Bertz CT molecular complexity index is 1510. The van der Waals surface area contributed by atoms with Crippen LogP contribution in [0.1, 0.15) is 28.8 Å². The molecule has 4 aromatic rings. The number of ketones is 1. The molecule has 6 nitrogen and oxygen atoms in total. The van der Waals surface area contributed by atoms with Gasteiger partial charge in [-0.1, -0.05) is 30.0 Å². The Morgan fingerprint density at radius 1 is 1.03 bits per heavy atom. The van der Waals surface area contributed by atoms with Gasteiger partial charge in [0, 0.05) is 24.2 Å². The number of benzene rings is 3. The van der Waals surface area contributed by atoms with Crippen LogP contribution >= 0.6 is 11.8 Å². The van der Waals surface area contributed by atoms with Crippen LogP contribution < -0.4 is 10.5 Å². The van der Waals surface area contributed by atoms with Crippen molar-refractivity contribution in [3.8, 4) is 5.69 Å². The minimum absolute atomic E-state index is 0.0428. The van der Waals surface area contributed by atoms with Crippen LogP contribution in [0.4, 0.5) is 10.1 Å². The normalized spacial score (nSPS) is 13.5. The zero-order chi connectivity index (χ0) is 24.5. The number of aromatic nitrogens is 2. The SMILES string of the molecule is Cc1ccc(-n2c(SCC(=O)c3ccc(N4CCCC4=O)cc3)nc3ccccc3c2=O)cc1F. The summed E-state index contributed by atoms with van der Waals surface area (Å²) in [5.41, 5.74) is 2.29. The lowest BCUT2D eigenvalue weighted by atomic mass is 10.1. The topological polar surface area (TPSA) is 72.3 Å². The van der Waals surface area contributed by atoms with E-state index in [1.165, 1.54) is 10.6 Å². The highest BCUT2D eigenvalue weighted by Gasteiger charge is 2.22. The highest BCUT2D eigenvalue weighted by Crippen LogP contribution is 2.25. The van der Waals surface area contributed by atoms with Crippen LogP contribution in [0.2, 0.25) is 0 Å². The molecule has 0 unspecified atom stereocenters. The van der Waals surface area contributed by atoms with Gasteiger partial charge in [-0.2, -0.15) is 0 Å². The van der Waals surface area contributed by atoms with Crippen molar-refractivity contribution in [3.05, 3.63) is 94.0 Å². The Balaban J connectivity index is 1.44. The lowest BCUT2D eigenvalue weighted by molar-refractivity contribution is -0.117. The van der Waals surface area contributed by atoms with E-state index in [4.69, 9.17) is 0 Å². The summed E-state index contributed by atoms with van der Waals surface area (Å²) < 4.78 is 15.7. The number of carbonyl (C=O) groups is 2. The second-order valence-electron chi connectivity index (χ2n) is 8.39. The number of fused-ring (bicyclic) bond motifs is 1. The Kier molecular flexibility index (Phi) is 6.21. The minimum Gasteiger partial charge on any atom is -0.312 e. The Hall–Kier alpha value is -3.78. The van der Waals surface area contributed by atoms with Crippen LogP contribution in [-0.4, -0.2) is 33.5 Å². The maximum atomic E-state index is 14.3. The summed E-state index contributed by atoms with van der Waals surface area (Å²) in [4.78, 5) is 44.5. The van der Waals surface area contributed by atoms with E-state index < -0.39 is 5.82 Å². The van der Waals surface area contributed by atoms with E-state index in [0.29, 0.717) is 45.8 Å². The van der Waals surface area contributed by atoms with Crippen molar-refractivity contribution in [3.63, 3.8) is 0 Å². The largest absolute Gasteiger partial charge is 0.312 e. The number of hydrogen-bond donors (Lipinski definition) is 0. The molecule has 1 amide bonds. The molecule has 0 bridgehead atoms. The average Bonchev–Trinajstić information content (AvgIpc) is 3.30. The molecule has 1 fully saturated rings. The van der Waals surface area contributed by atoms with Crippen molar-refractivity contribution in [2.24, 2.45) is 0 Å². The molecule has 176 valence electrons. The van der Waals surface area contributed by atoms with Gasteiger partial charge in [-0.05, 0) is 67.4 Å². The van der Waals surface area contributed by atoms with Gasteiger partial charge in [-0.25, -0.2) is 9.37 Å². The van der Waals surface area contributed by atoms with Gasteiger partial charge in [-0.3, -0.25) is 19.0 Å². The Morgan fingerprint density at radius 3 is 2.49 bits per heavy atom. The zero-order valence-electron chi connectivity index (χ0n) is 19.0. The minimum atomic E-state index is -0.425. The van der Waals surface area contributed by atoms with E-state index >= 15 is 0 Å². The second kappa shape index (κ2) is 9.46. The fourth-order valence-corrected chi connectivity index (χ4v) is 5.03. The summed E-state index contributed by atoms with van der Waals surface area (Å²) in [6, 6.07) is 18.5. The molecule has 1 aliphatic heterocycles. The van der Waals surface area contributed by atoms with Gasteiger partial charge in [-0.15, -0.1) is 0 Å². The molecule has 8 heteroatoms. The number of carbonyl (C=O) groups excluding carboxylic acids is 2. The number of anilines is 1. The molecule has 5 rings (SSSR count). The van der Waals surface area contributed by atoms with Gasteiger partial charge in [0.15, 0.2) is 10.9 Å². The van der Waals surface area contributed by atoms with E-state index in [-0.39, 0.29) is 23.0 Å². The van der Waals surface area contributed by atoms with Crippen LogP contribution in [0, 0.1) is 12.7 Å². The summed E-state index contributed by atoms with van der Waals surface area (Å²) >= 11 is 1.13. The molecular formula is C27H22FN3O3S. The maximum absolute atomic E-state index is 14.3. The maximum Gasteiger partial charge on any atom is 0.266 e. The van der Waals surface area contributed by atoms with Crippen molar-refractivity contribution in [2.75, 3.05) is 17.2 Å². The summed E-state index contributed by atoms with van der Waals surface area (Å²) in [5.74, 6) is -0.432. The predicted molar refractivity (Wildman–Crippen MR) is 135 cm³/mol. The molecule has 1 saturated heterocycles. The van der Waals surface area contributed by atoms with Gasteiger partial charge in [0.05, 0.1) is 22.3 Å². The van der Waals surface area contributed by atoms with Crippen LogP contribution in [-0.2, 0) is 4.79 Å².